The number of ether oxygens (including phenoxy) is 1. The van der Waals surface area contributed by atoms with E-state index in [1.54, 1.807) is 36.4 Å². The Kier molecular flexibility index (Phi) is 7.53. The minimum atomic E-state index is -0.503. The molecular weight excluding hydrogens is 491 g/mol. The number of halogens is 2. The molecule has 1 fully saturated rings. The summed E-state index contributed by atoms with van der Waals surface area (Å²) < 4.78 is 19.0. The topological polar surface area (TPSA) is 75.7 Å². The molecular formula is C26H20ClFN2O4S. The monoisotopic (exact) mass is 510 g/mol. The molecule has 0 spiro atoms. The van der Waals surface area contributed by atoms with Gasteiger partial charge in [-0.3, -0.25) is 19.3 Å². The van der Waals surface area contributed by atoms with Gasteiger partial charge in [-0.2, -0.15) is 0 Å². The van der Waals surface area contributed by atoms with Crippen molar-refractivity contribution in [3.8, 4) is 5.75 Å². The van der Waals surface area contributed by atoms with Gasteiger partial charge in [0.05, 0.1) is 11.4 Å². The third-order valence-corrected chi connectivity index (χ3v) is 6.34. The lowest BCUT2D eigenvalue weighted by Crippen LogP contribution is -2.27. The summed E-state index contributed by atoms with van der Waals surface area (Å²) in [6.45, 7) is 1.63. The van der Waals surface area contributed by atoms with Crippen molar-refractivity contribution in [2.24, 2.45) is 0 Å². The van der Waals surface area contributed by atoms with Gasteiger partial charge >= 0.3 is 0 Å². The highest BCUT2D eigenvalue weighted by atomic mass is 35.5. The molecule has 1 saturated heterocycles. The number of rotatable bonds is 7. The van der Waals surface area contributed by atoms with Crippen LogP contribution in [0.25, 0.3) is 6.08 Å². The van der Waals surface area contributed by atoms with Gasteiger partial charge in [0.2, 0.25) is 0 Å². The highest BCUT2D eigenvalue weighted by Crippen LogP contribution is 2.35. The Morgan fingerprint density at radius 1 is 1.11 bits per heavy atom. The van der Waals surface area contributed by atoms with Gasteiger partial charge in [0.25, 0.3) is 17.1 Å². The molecule has 3 amide bonds. The third kappa shape index (κ3) is 6.09. The lowest BCUT2D eigenvalue weighted by atomic mass is 10.1. The maximum absolute atomic E-state index is 13.3. The van der Waals surface area contributed by atoms with E-state index >= 15 is 0 Å². The molecule has 35 heavy (non-hydrogen) atoms. The predicted molar refractivity (Wildman–Crippen MR) is 135 cm³/mol. The number of nitrogens with zero attached hydrogens (tertiary/aromatic N) is 1. The average Bonchev–Trinajstić information content (AvgIpc) is 3.07. The van der Waals surface area contributed by atoms with Crippen molar-refractivity contribution in [3.63, 3.8) is 0 Å². The Morgan fingerprint density at radius 2 is 1.91 bits per heavy atom. The molecule has 0 saturated carbocycles. The number of imide groups is 1. The van der Waals surface area contributed by atoms with Gasteiger partial charge in [0, 0.05) is 16.3 Å². The van der Waals surface area contributed by atoms with E-state index in [-0.39, 0.29) is 29.0 Å². The van der Waals surface area contributed by atoms with E-state index in [9.17, 15) is 18.8 Å². The van der Waals surface area contributed by atoms with Crippen LogP contribution in [0, 0.1) is 12.7 Å². The third-order valence-electron chi connectivity index (χ3n) is 5.08. The molecule has 1 N–H and O–H groups in total. The molecule has 0 unspecified atom stereocenters. The van der Waals surface area contributed by atoms with Crippen LogP contribution in [0.4, 0.5) is 14.9 Å². The molecule has 3 aromatic carbocycles. The first-order chi connectivity index (χ1) is 16.8. The summed E-state index contributed by atoms with van der Waals surface area (Å²) in [5.41, 5.74) is 2.69. The Balaban J connectivity index is 1.45. The summed E-state index contributed by atoms with van der Waals surface area (Å²) in [6.07, 6.45) is 1.55. The van der Waals surface area contributed by atoms with Crippen LogP contribution < -0.4 is 10.1 Å². The van der Waals surface area contributed by atoms with Gasteiger partial charge in [0.1, 0.15) is 11.6 Å². The van der Waals surface area contributed by atoms with Crippen molar-refractivity contribution < 1.29 is 23.5 Å². The second kappa shape index (κ2) is 10.8. The Labute approximate surface area is 210 Å². The molecule has 0 aromatic heterocycles. The molecule has 6 nitrogen and oxygen atoms in total. The summed E-state index contributed by atoms with van der Waals surface area (Å²) in [5.74, 6) is -0.938. The minimum Gasteiger partial charge on any atom is -0.483 e. The number of amides is 3. The van der Waals surface area contributed by atoms with E-state index in [4.69, 9.17) is 16.3 Å². The fourth-order valence-corrected chi connectivity index (χ4v) is 4.45. The molecule has 1 aliphatic rings. The van der Waals surface area contributed by atoms with E-state index in [1.807, 2.05) is 25.1 Å². The smallest absolute Gasteiger partial charge is 0.293 e. The molecule has 0 aliphatic carbocycles. The normalized spacial score (nSPS) is 14.5. The van der Waals surface area contributed by atoms with Gasteiger partial charge in [-0.15, -0.1) is 0 Å². The summed E-state index contributed by atoms with van der Waals surface area (Å²) in [4.78, 5) is 39.0. The zero-order valence-corrected chi connectivity index (χ0v) is 20.2. The average molecular weight is 511 g/mol. The minimum absolute atomic E-state index is 0.0710. The standard InChI is InChI=1S/C26H20ClFN2O4S/c1-16-5-4-7-20(11-16)29-24(31)15-34-22-8-3-2-6-17(22)12-23-25(32)30(26(33)35-23)14-18-9-10-19(28)13-21(18)27/h2-13H,14-15H2,1H3,(H,29,31)/b23-12-. The number of thioether (sulfide) groups is 1. The first kappa shape index (κ1) is 24.5. The summed E-state index contributed by atoms with van der Waals surface area (Å²) in [6, 6.07) is 18.1. The van der Waals surface area contributed by atoms with Crippen LogP contribution in [-0.4, -0.2) is 28.6 Å². The number of benzene rings is 3. The molecule has 9 heteroatoms. The number of aryl methyl sites for hydroxylation is 1. The van der Waals surface area contributed by atoms with Crippen LogP contribution in [0.3, 0.4) is 0 Å². The second-order valence-corrected chi connectivity index (χ2v) is 9.15. The van der Waals surface area contributed by atoms with Crippen molar-refractivity contribution in [1.29, 1.82) is 0 Å². The number of hydrogen-bond donors (Lipinski definition) is 1. The molecule has 1 heterocycles. The van der Waals surface area contributed by atoms with Gasteiger partial charge < -0.3 is 10.1 Å². The first-order valence-electron chi connectivity index (χ1n) is 10.6. The fourth-order valence-electron chi connectivity index (χ4n) is 3.39. The molecule has 3 aromatic rings. The number of anilines is 1. The van der Waals surface area contributed by atoms with Crippen LogP contribution in [0.2, 0.25) is 5.02 Å². The Bertz CT molecular complexity index is 1340. The maximum Gasteiger partial charge on any atom is 0.293 e. The fraction of sp³-hybridized carbons (Fsp3) is 0.115. The lowest BCUT2D eigenvalue weighted by molar-refractivity contribution is -0.123. The van der Waals surface area contributed by atoms with Crippen molar-refractivity contribution in [1.82, 2.24) is 4.90 Å². The zero-order chi connectivity index (χ0) is 24.9. The molecule has 0 radical (unpaired) electrons. The first-order valence-corrected chi connectivity index (χ1v) is 11.8. The van der Waals surface area contributed by atoms with Gasteiger partial charge in [-0.05, 0) is 66.2 Å². The molecule has 178 valence electrons. The summed E-state index contributed by atoms with van der Waals surface area (Å²) >= 11 is 6.84. The number of carbonyl (C=O) groups excluding carboxylic acids is 3. The van der Waals surface area contributed by atoms with E-state index in [0.717, 1.165) is 28.3 Å². The van der Waals surface area contributed by atoms with Gasteiger partial charge in [-0.1, -0.05) is 48.0 Å². The van der Waals surface area contributed by atoms with Crippen molar-refractivity contribution in [3.05, 3.63) is 99.2 Å². The van der Waals surface area contributed by atoms with E-state index in [2.05, 4.69) is 5.32 Å². The summed E-state index contributed by atoms with van der Waals surface area (Å²) in [7, 11) is 0. The maximum atomic E-state index is 13.3. The number of para-hydroxylation sites is 1. The van der Waals surface area contributed by atoms with E-state index in [0.29, 0.717) is 22.6 Å². The van der Waals surface area contributed by atoms with Crippen molar-refractivity contribution in [2.75, 3.05) is 11.9 Å². The van der Waals surface area contributed by atoms with Crippen molar-refractivity contribution in [2.45, 2.75) is 13.5 Å². The highest BCUT2D eigenvalue weighted by molar-refractivity contribution is 8.18. The largest absolute Gasteiger partial charge is 0.483 e. The zero-order valence-electron chi connectivity index (χ0n) is 18.6. The highest BCUT2D eigenvalue weighted by Gasteiger charge is 2.35. The van der Waals surface area contributed by atoms with E-state index < -0.39 is 17.0 Å². The van der Waals surface area contributed by atoms with Crippen LogP contribution in [-0.2, 0) is 16.1 Å². The SMILES string of the molecule is Cc1cccc(NC(=O)COc2ccccc2/C=C2\SC(=O)N(Cc3ccc(F)cc3Cl)C2=O)c1. The van der Waals surface area contributed by atoms with E-state index in [1.165, 1.54) is 12.1 Å². The van der Waals surface area contributed by atoms with Crippen LogP contribution in [0.5, 0.6) is 5.75 Å². The Morgan fingerprint density at radius 3 is 2.69 bits per heavy atom. The molecule has 4 rings (SSSR count). The van der Waals surface area contributed by atoms with Gasteiger partial charge in [-0.25, -0.2) is 4.39 Å². The van der Waals surface area contributed by atoms with Gasteiger partial charge in [0.15, 0.2) is 6.61 Å². The predicted octanol–water partition coefficient (Wildman–Crippen LogP) is 6.04. The lowest BCUT2D eigenvalue weighted by Gasteiger charge is -2.13. The number of nitrogens with one attached hydrogen (secondary N) is 1. The van der Waals surface area contributed by atoms with Crippen LogP contribution in [0.1, 0.15) is 16.7 Å². The van der Waals surface area contributed by atoms with Crippen LogP contribution >= 0.6 is 23.4 Å². The Hall–Kier alpha value is -3.62. The van der Waals surface area contributed by atoms with Crippen LogP contribution in [0.15, 0.2) is 71.6 Å². The quantitative estimate of drug-likeness (QED) is 0.392. The number of hydrogen-bond acceptors (Lipinski definition) is 5. The number of carbonyl (C=O) groups is 3. The molecule has 0 bridgehead atoms. The molecule has 1 aliphatic heterocycles. The summed E-state index contributed by atoms with van der Waals surface area (Å²) in [5, 5.41) is 2.45. The second-order valence-electron chi connectivity index (χ2n) is 7.75. The van der Waals surface area contributed by atoms with Crippen molar-refractivity contribution >= 4 is 52.2 Å². The molecule has 0 atom stereocenters.